The van der Waals surface area contributed by atoms with Crippen LogP contribution in [0.1, 0.15) is 30.4 Å². The van der Waals surface area contributed by atoms with Gasteiger partial charge in [-0.15, -0.1) is 0 Å². The minimum atomic E-state index is 0.612. The van der Waals surface area contributed by atoms with Gasteiger partial charge in [-0.3, -0.25) is 5.10 Å². The average molecular weight is 200 g/mol. The second kappa shape index (κ2) is 4.78. The first-order valence-electron chi connectivity index (χ1n) is 5.39. The molecular weight excluding hydrogens is 184 g/mol. The molecule has 0 aliphatic rings. The Morgan fingerprint density at radius 2 is 2.07 bits per heavy atom. The minimum Gasteiger partial charge on any atom is -0.285 e. The molecule has 0 saturated carbocycles. The highest BCUT2D eigenvalue weighted by molar-refractivity contribution is 5.19. The van der Waals surface area contributed by atoms with Crippen molar-refractivity contribution in [1.82, 2.24) is 10.2 Å². The Kier molecular flexibility index (Phi) is 3.18. The van der Waals surface area contributed by atoms with E-state index in [1.807, 2.05) is 12.4 Å². The first-order valence-corrected chi connectivity index (χ1v) is 5.39. The van der Waals surface area contributed by atoms with Crippen LogP contribution in [-0.4, -0.2) is 10.2 Å². The summed E-state index contributed by atoms with van der Waals surface area (Å²) in [5.74, 6) is 0.612. The van der Waals surface area contributed by atoms with Crippen molar-refractivity contribution >= 4 is 0 Å². The predicted molar refractivity (Wildman–Crippen MR) is 61.8 cm³/mol. The summed E-state index contributed by atoms with van der Waals surface area (Å²) in [4.78, 5) is 0. The third kappa shape index (κ3) is 2.69. The topological polar surface area (TPSA) is 28.7 Å². The fourth-order valence-corrected chi connectivity index (χ4v) is 1.75. The normalized spacial score (nSPS) is 12.6. The van der Waals surface area contributed by atoms with Crippen molar-refractivity contribution in [2.75, 3.05) is 0 Å². The van der Waals surface area contributed by atoms with Crippen molar-refractivity contribution in [2.45, 2.75) is 25.7 Å². The zero-order valence-electron chi connectivity index (χ0n) is 8.98. The molecule has 0 aliphatic heterocycles. The van der Waals surface area contributed by atoms with Crippen molar-refractivity contribution in [2.24, 2.45) is 0 Å². The second-order valence-electron chi connectivity index (χ2n) is 3.96. The van der Waals surface area contributed by atoms with Crippen molar-refractivity contribution in [3.8, 4) is 0 Å². The van der Waals surface area contributed by atoms with E-state index in [0.29, 0.717) is 5.92 Å². The van der Waals surface area contributed by atoms with Gasteiger partial charge in [0.2, 0.25) is 0 Å². The Labute approximate surface area is 90.3 Å². The van der Waals surface area contributed by atoms with Gasteiger partial charge in [-0.05, 0) is 29.9 Å². The maximum Gasteiger partial charge on any atom is 0.0519 e. The number of nitrogens with zero attached hydrogens (tertiary/aromatic N) is 1. The van der Waals surface area contributed by atoms with E-state index in [4.69, 9.17) is 0 Å². The molecule has 0 bridgehead atoms. The van der Waals surface area contributed by atoms with Crippen LogP contribution in [0.5, 0.6) is 0 Å². The molecule has 0 amide bonds. The van der Waals surface area contributed by atoms with Gasteiger partial charge >= 0.3 is 0 Å². The van der Waals surface area contributed by atoms with Gasteiger partial charge in [0.1, 0.15) is 0 Å². The van der Waals surface area contributed by atoms with Gasteiger partial charge in [0.15, 0.2) is 0 Å². The SMILES string of the molecule is CC(CCc1cn[nH]c1)c1ccccc1. The molecule has 1 N–H and O–H groups in total. The summed E-state index contributed by atoms with van der Waals surface area (Å²) in [5, 5.41) is 6.79. The summed E-state index contributed by atoms with van der Waals surface area (Å²) < 4.78 is 0. The number of benzene rings is 1. The molecule has 2 aromatic rings. The maximum atomic E-state index is 3.95. The smallest absolute Gasteiger partial charge is 0.0519 e. The minimum absolute atomic E-state index is 0.612. The highest BCUT2D eigenvalue weighted by atomic mass is 15.1. The molecule has 2 nitrogen and oxygen atoms in total. The van der Waals surface area contributed by atoms with Gasteiger partial charge < -0.3 is 0 Å². The van der Waals surface area contributed by atoms with Crippen molar-refractivity contribution in [3.05, 3.63) is 53.9 Å². The molecule has 1 atom stereocenters. The number of nitrogens with one attached hydrogen (secondary N) is 1. The van der Waals surface area contributed by atoms with Crippen LogP contribution in [-0.2, 0) is 6.42 Å². The number of hydrogen-bond donors (Lipinski definition) is 1. The summed E-state index contributed by atoms with van der Waals surface area (Å²) in [5.41, 5.74) is 2.71. The van der Waals surface area contributed by atoms with E-state index in [0.717, 1.165) is 6.42 Å². The highest BCUT2D eigenvalue weighted by Crippen LogP contribution is 2.20. The Morgan fingerprint density at radius 3 is 2.73 bits per heavy atom. The van der Waals surface area contributed by atoms with E-state index >= 15 is 0 Å². The fourth-order valence-electron chi connectivity index (χ4n) is 1.75. The molecule has 0 spiro atoms. The molecule has 0 radical (unpaired) electrons. The van der Waals surface area contributed by atoms with Crippen LogP contribution in [0.15, 0.2) is 42.7 Å². The lowest BCUT2D eigenvalue weighted by Gasteiger charge is -2.10. The molecule has 0 saturated heterocycles. The van der Waals surface area contributed by atoms with Crippen LogP contribution in [0.2, 0.25) is 0 Å². The fraction of sp³-hybridized carbons (Fsp3) is 0.308. The van der Waals surface area contributed by atoms with Crippen LogP contribution in [0.25, 0.3) is 0 Å². The molecule has 0 aliphatic carbocycles. The summed E-state index contributed by atoms with van der Waals surface area (Å²) in [6.07, 6.45) is 6.13. The number of aryl methyl sites for hydroxylation is 1. The highest BCUT2D eigenvalue weighted by Gasteiger charge is 2.05. The third-order valence-electron chi connectivity index (χ3n) is 2.79. The van der Waals surface area contributed by atoms with Gasteiger partial charge in [-0.2, -0.15) is 5.10 Å². The molecule has 1 aromatic carbocycles. The molecule has 78 valence electrons. The van der Waals surface area contributed by atoms with E-state index in [9.17, 15) is 0 Å². The summed E-state index contributed by atoms with van der Waals surface area (Å²) in [7, 11) is 0. The Morgan fingerprint density at radius 1 is 1.27 bits per heavy atom. The quantitative estimate of drug-likeness (QED) is 0.807. The van der Waals surface area contributed by atoms with Gasteiger partial charge in [-0.1, -0.05) is 37.3 Å². The average Bonchev–Trinajstić information content (AvgIpc) is 2.80. The van der Waals surface area contributed by atoms with E-state index in [-0.39, 0.29) is 0 Å². The third-order valence-corrected chi connectivity index (χ3v) is 2.79. The summed E-state index contributed by atoms with van der Waals surface area (Å²) in [6.45, 7) is 2.27. The van der Waals surface area contributed by atoms with Crippen LogP contribution < -0.4 is 0 Å². The van der Waals surface area contributed by atoms with Crippen molar-refractivity contribution in [1.29, 1.82) is 0 Å². The number of aromatic amines is 1. The molecule has 2 heteroatoms. The monoisotopic (exact) mass is 200 g/mol. The predicted octanol–water partition coefficient (Wildman–Crippen LogP) is 3.15. The largest absolute Gasteiger partial charge is 0.285 e. The lowest BCUT2D eigenvalue weighted by atomic mass is 9.95. The zero-order valence-corrected chi connectivity index (χ0v) is 8.98. The standard InChI is InChI=1S/C13H16N2/c1-11(13-5-3-2-4-6-13)7-8-12-9-14-15-10-12/h2-6,9-11H,7-8H2,1H3,(H,14,15). The van der Waals surface area contributed by atoms with Crippen molar-refractivity contribution < 1.29 is 0 Å². The van der Waals surface area contributed by atoms with E-state index in [1.165, 1.54) is 17.5 Å². The maximum absolute atomic E-state index is 3.95. The second-order valence-corrected chi connectivity index (χ2v) is 3.96. The number of hydrogen-bond acceptors (Lipinski definition) is 1. The van der Waals surface area contributed by atoms with Gasteiger partial charge in [0.25, 0.3) is 0 Å². The van der Waals surface area contributed by atoms with Crippen LogP contribution in [0.4, 0.5) is 0 Å². The van der Waals surface area contributed by atoms with Gasteiger partial charge in [0.05, 0.1) is 6.20 Å². The molecule has 1 heterocycles. The molecule has 15 heavy (non-hydrogen) atoms. The lowest BCUT2D eigenvalue weighted by molar-refractivity contribution is 0.680. The first kappa shape index (κ1) is 9.97. The molecule has 0 fully saturated rings. The number of rotatable bonds is 4. The summed E-state index contributed by atoms with van der Waals surface area (Å²) in [6, 6.07) is 10.7. The number of H-pyrrole nitrogens is 1. The van der Waals surface area contributed by atoms with Crippen LogP contribution in [0.3, 0.4) is 0 Å². The van der Waals surface area contributed by atoms with Crippen LogP contribution >= 0.6 is 0 Å². The zero-order chi connectivity index (χ0) is 10.5. The molecule has 2 rings (SSSR count). The molecular formula is C13H16N2. The van der Waals surface area contributed by atoms with Gasteiger partial charge in [0, 0.05) is 6.20 Å². The Balaban J connectivity index is 1.90. The van der Waals surface area contributed by atoms with E-state index in [2.05, 4.69) is 47.5 Å². The lowest BCUT2D eigenvalue weighted by Crippen LogP contribution is -1.95. The Hall–Kier alpha value is -1.57. The van der Waals surface area contributed by atoms with Crippen LogP contribution in [0, 0.1) is 0 Å². The first-order chi connectivity index (χ1) is 7.36. The molecule has 1 unspecified atom stereocenters. The van der Waals surface area contributed by atoms with E-state index in [1.54, 1.807) is 0 Å². The number of aromatic nitrogens is 2. The van der Waals surface area contributed by atoms with Gasteiger partial charge in [-0.25, -0.2) is 0 Å². The van der Waals surface area contributed by atoms with Crippen molar-refractivity contribution in [3.63, 3.8) is 0 Å². The van der Waals surface area contributed by atoms with E-state index < -0.39 is 0 Å². The Bertz CT molecular complexity index is 378. The summed E-state index contributed by atoms with van der Waals surface area (Å²) >= 11 is 0. The molecule has 1 aromatic heterocycles.